The number of hydrogen-bond acceptors (Lipinski definition) is 6. The molecule has 1 aliphatic heterocycles. The number of fused-ring (bicyclic) bond motifs is 2. The van der Waals surface area contributed by atoms with Crippen molar-refractivity contribution < 1.29 is 13.9 Å². The van der Waals surface area contributed by atoms with Gasteiger partial charge in [-0.1, -0.05) is 30.3 Å². The molecule has 7 heteroatoms. The number of ether oxygens (including phenoxy) is 1. The third-order valence-corrected chi connectivity index (χ3v) is 5.61. The fourth-order valence-corrected chi connectivity index (χ4v) is 4.31. The van der Waals surface area contributed by atoms with E-state index in [0.717, 1.165) is 0 Å². The largest absolute Gasteiger partial charge is 0.496 e. The Hall–Kier alpha value is -3.45. The third kappa shape index (κ3) is 2.30. The Morgan fingerprint density at radius 3 is 2.68 bits per heavy atom. The highest BCUT2D eigenvalue weighted by Crippen LogP contribution is 2.44. The van der Waals surface area contributed by atoms with Crippen LogP contribution in [0.15, 0.2) is 69.3 Å². The highest BCUT2D eigenvalue weighted by Gasteiger charge is 2.45. The van der Waals surface area contributed by atoms with Gasteiger partial charge >= 0.3 is 0 Å². The standard InChI is InChI=1S/C21H14N2O4S/c1-26-14-8-4-2-6-12(14)17-16-18(24)13-7-3-5-9-15(13)27-19(16)20(25)23(17)21-22-10-11-28-21/h2-11,17H,1H3/t17-/m0/s1. The van der Waals surface area contributed by atoms with Crippen molar-refractivity contribution >= 4 is 33.3 Å². The maximum Gasteiger partial charge on any atom is 0.297 e. The molecule has 0 aliphatic carbocycles. The smallest absolute Gasteiger partial charge is 0.297 e. The van der Waals surface area contributed by atoms with Crippen LogP contribution in [0.1, 0.15) is 27.7 Å². The number of hydrogen-bond donors (Lipinski definition) is 0. The summed E-state index contributed by atoms with van der Waals surface area (Å²) in [6.07, 6.45) is 1.63. The second-order valence-corrected chi connectivity index (χ2v) is 7.18. The summed E-state index contributed by atoms with van der Waals surface area (Å²) in [5.41, 5.74) is 1.18. The van der Waals surface area contributed by atoms with Gasteiger partial charge < -0.3 is 9.15 Å². The highest BCUT2D eigenvalue weighted by atomic mass is 32.1. The van der Waals surface area contributed by atoms with Crippen LogP contribution in [0.5, 0.6) is 5.75 Å². The lowest BCUT2D eigenvalue weighted by molar-refractivity contribution is 0.0971. The van der Waals surface area contributed by atoms with Crippen LogP contribution in [-0.4, -0.2) is 18.0 Å². The number of carbonyl (C=O) groups is 1. The molecule has 3 heterocycles. The molecule has 0 N–H and O–H groups in total. The summed E-state index contributed by atoms with van der Waals surface area (Å²) in [6, 6.07) is 13.6. The second kappa shape index (κ2) is 6.31. The molecule has 1 amide bonds. The number of para-hydroxylation sites is 2. The Balaban J connectivity index is 1.86. The minimum Gasteiger partial charge on any atom is -0.496 e. The van der Waals surface area contributed by atoms with Crippen LogP contribution in [0.25, 0.3) is 11.0 Å². The van der Waals surface area contributed by atoms with Crippen LogP contribution in [0, 0.1) is 0 Å². The minimum absolute atomic E-state index is 0.0507. The molecule has 1 atom stereocenters. The predicted molar refractivity (Wildman–Crippen MR) is 106 cm³/mol. The van der Waals surface area contributed by atoms with E-state index < -0.39 is 6.04 Å². The Labute approximate surface area is 163 Å². The Kier molecular flexibility index (Phi) is 3.77. The van der Waals surface area contributed by atoms with Crippen molar-refractivity contribution in [1.82, 2.24) is 4.98 Å². The molecule has 0 saturated carbocycles. The molecule has 0 radical (unpaired) electrons. The molecule has 4 aromatic rings. The van der Waals surface area contributed by atoms with E-state index in [4.69, 9.17) is 9.15 Å². The molecule has 2 aromatic heterocycles. The maximum absolute atomic E-state index is 13.4. The van der Waals surface area contributed by atoms with Gasteiger partial charge in [0.05, 0.1) is 18.1 Å². The number of carbonyl (C=O) groups excluding carboxylic acids is 1. The van der Waals surface area contributed by atoms with E-state index in [1.807, 2.05) is 18.2 Å². The number of methoxy groups -OCH3 is 1. The average molecular weight is 390 g/mol. The minimum atomic E-state index is -0.675. The fourth-order valence-electron chi connectivity index (χ4n) is 3.64. The van der Waals surface area contributed by atoms with Crippen LogP contribution in [0.4, 0.5) is 5.13 Å². The number of amides is 1. The maximum atomic E-state index is 13.4. The van der Waals surface area contributed by atoms with Gasteiger partial charge in [-0.3, -0.25) is 14.5 Å². The molecule has 0 spiro atoms. The monoisotopic (exact) mass is 390 g/mol. The molecule has 0 bridgehead atoms. The molecule has 5 rings (SSSR count). The van der Waals surface area contributed by atoms with E-state index in [9.17, 15) is 9.59 Å². The van der Waals surface area contributed by atoms with E-state index in [-0.39, 0.29) is 17.1 Å². The summed E-state index contributed by atoms with van der Waals surface area (Å²) < 4.78 is 11.4. The van der Waals surface area contributed by atoms with Crippen molar-refractivity contribution in [1.29, 1.82) is 0 Å². The topological polar surface area (TPSA) is 72.6 Å². The molecular formula is C21H14N2O4S. The van der Waals surface area contributed by atoms with E-state index in [2.05, 4.69) is 4.98 Å². The molecule has 6 nitrogen and oxygen atoms in total. The van der Waals surface area contributed by atoms with Gasteiger partial charge in [-0.25, -0.2) is 4.98 Å². The molecule has 0 fully saturated rings. The van der Waals surface area contributed by atoms with Gasteiger partial charge in [0.2, 0.25) is 5.76 Å². The van der Waals surface area contributed by atoms with Gasteiger partial charge in [0, 0.05) is 17.1 Å². The summed E-state index contributed by atoms with van der Waals surface area (Å²) in [5.74, 6) is 0.251. The lowest BCUT2D eigenvalue weighted by Crippen LogP contribution is -2.29. The van der Waals surface area contributed by atoms with Crippen molar-refractivity contribution in [3.05, 3.63) is 87.2 Å². The lowest BCUT2D eigenvalue weighted by Gasteiger charge is -2.24. The first-order chi connectivity index (χ1) is 13.7. The van der Waals surface area contributed by atoms with E-state index in [1.54, 1.807) is 49.0 Å². The van der Waals surface area contributed by atoms with Crippen molar-refractivity contribution in [2.75, 3.05) is 12.0 Å². The molecule has 2 aromatic carbocycles. The molecule has 1 aliphatic rings. The Bertz CT molecular complexity index is 1260. The number of anilines is 1. The summed E-state index contributed by atoms with van der Waals surface area (Å²) >= 11 is 1.33. The highest BCUT2D eigenvalue weighted by molar-refractivity contribution is 7.13. The molecule has 0 saturated heterocycles. The number of thiazole rings is 1. The van der Waals surface area contributed by atoms with E-state index in [1.165, 1.54) is 16.2 Å². The van der Waals surface area contributed by atoms with Crippen LogP contribution in [-0.2, 0) is 0 Å². The zero-order valence-corrected chi connectivity index (χ0v) is 15.6. The quantitative estimate of drug-likeness (QED) is 0.529. The zero-order chi connectivity index (χ0) is 19.3. The summed E-state index contributed by atoms with van der Waals surface area (Å²) in [5, 5.41) is 2.72. The van der Waals surface area contributed by atoms with Crippen molar-refractivity contribution in [2.45, 2.75) is 6.04 Å². The van der Waals surface area contributed by atoms with Gasteiger partial charge in [-0.2, -0.15) is 0 Å². The zero-order valence-electron chi connectivity index (χ0n) is 14.8. The van der Waals surface area contributed by atoms with Crippen LogP contribution >= 0.6 is 11.3 Å². The second-order valence-electron chi connectivity index (χ2n) is 6.30. The van der Waals surface area contributed by atoms with Gasteiger partial charge in [0.25, 0.3) is 5.91 Å². The van der Waals surface area contributed by atoms with Crippen LogP contribution < -0.4 is 15.1 Å². The van der Waals surface area contributed by atoms with Crippen molar-refractivity contribution in [3.63, 3.8) is 0 Å². The Morgan fingerprint density at radius 2 is 1.89 bits per heavy atom. The first-order valence-corrected chi connectivity index (χ1v) is 9.50. The van der Waals surface area contributed by atoms with Gasteiger partial charge in [0.15, 0.2) is 10.6 Å². The van der Waals surface area contributed by atoms with Gasteiger partial charge in [-0.15, -0.1) is 11.3 Å². The molecule has 28 heavy (non-hydrogen) atoms. The van der Waals surface area contributed by atoms with Crippen molar-refractivity contribution in [3.8, 4) is 5.75 Å². The summed E-state index contributed by atoms with van der Waals surface area (Å²) in [4.78, 5) is 32.5. The SMILES string of the molecule is COc1ccccc1[C@H]1c2c(oc3ccccc3c2=O)C(=O)N1c1nccs1. The van der Waals surface area contributed by atoms with E-state index in [0.29, 0.717) is 33.0 Å². The Morgan fingerprint density at radius 1 is 1.11 bits per heavy atom. The first-order valence-electron chi connectivity index (χ1n) is 8.62. The van der Waals surface area contributed by atoms with Gasteiger partial charge in [-0.05, 0) is 18.2 Å². The number of benzene rings is 2. The summed E-state index contributed by atoms with van der Waals surface area (Å²) in [6.45, 7) is 0. The average Bonchev–Trinajstić information content (AvgIpc) is 3.35. The number of nitrogens with zero attached hydrogens (tertiary/aromatic N) is 2. The third-order valence-electron chi connectivity index (χ3n) is 4.84. The van der Waals surface area contributed by atoms with E-state index >= 15 is 0 Å². The van der Waals surface area contributed by atoms with Gasteiger partial charge in [0.1, 0.15) is 17.4 Å². The number of aromatic nitrogens is 1. The fraction of sp³-hybridized carbons (Fsp3) is 0.0952. The first kappa shape index (κ1) is 16.7. The van der Waals surface area contributed by atoms with Crippen LogP contribution in [0.2, 0.25) is 0 Å². The summed E-state index contributed by atoms with van der Waals surface area (Å²) in [7, 11) is 1.56. The predicted octanol–water partition coefficient (Wildman–Crippen LogP) is 4.01. The van der Waals surface area contributed by atoms with Crippen molar-refractivity contribution in [2.24, 2.45) is 0 Å². The lowest BCUT2D eigenvalue weighted by atomic mass is 9.98. The number of rotatable bonds is 3. The van der Waals surface area contributed by atoms with Crippen LogP contribution in [0.3, 0.4) is 0 Å². The molecular weight excluding hydrogens is 376 g/mol. The molecule has 138 valence electrons. The normalized spacial score (nSPS) is 15.8. The molecule has 0 unspecified atom stereocenters.